The van der Waals surface area contributed by atoms with E-state index in [9.17, 15) is 5.11 Å². The Hall–Kier alpha value is -0.120. The van der Waals surface area contributed by atoms with Crippen LogP contribution in [0.2, 0.25) is 0 Å². The van der Waals surface area contributed by atoms with Crippen molar-refractivity contribution in [3.05, 3.63) is 0 Å². The molecule has 0 aliphatic carbocycles. The van der Waals surface area contributed by atoms with E-state index in [0.717, 1.165) is 32.0 Å². The molecule has 2 saturated heterocycles. The zero-order chi connectivity index (χ0) is 11.1. The molecule has 88 valence electrons. The lowest BCUT2D eigenvalue weighted by molar-refractivity contribution is -0.0419. The van der Waals surface area contributed by atoms with Crippen molar-refractivity contribution < 1.29 is 5.11 Å². The highest BCUT2D eigenvalue weighted by Crippen LogP contribution is 2.26. The molecule has 2 fully saturated rings. The molecular weight excluding hydrogens is 188 g/mol. The van der Waals surface area contributed by atoms with E-state index in [-0.39, 0.29) is 6.10 Å². The van der Waals surface area contributed by atoms with Crippen molar-refractivity contribution in [3.63, 3.8) is 0 Å². The van der Waals surface area contributed by atoms with Crippen LogP contribution in [-0.2, 0) is 0 Å². The summed E-state index contributed by atoms with van der Waals surface area (Å²) in [5.41, 5.74) is 0.325. The number of likely N-dealkylation sites (tertiary alicyclic amines) is 2. The summed E-state index contributed by atoms with van der Waals surface area (Å²) in [5.74, 6) is 0. The van der Waals surface area contributed by atoms with Crippen LogP contribution in [0.5, 0.6) is 0 Å². The average molecular weight is 212 g/mol. The zero-order valence-electron chi connectivity index (χ0n) is 10.2. The molecule has 0 bridgehead atoms. The molecule has 0 atom stereocenters. The smallest absolute Gasteiger partial charge is 0.0564 e. The third-order valence-electron chi connectivity index (χ3n) is 3.83. The number of hydrogen-bond donors (Lipinski definition) is 1. The van der Waals surface area contributed by atoms with Crippen molar-refractivity contribution in [1.29, 1.82) is 0 Å². The molecular formula is C12H24N2O. The Bertz CT molecular complexity index is 210. The molecule has 0 aromatic heterocycles. The Balaban J connectivity index is 1.75. The number of aliphatic hydroxyl groups is 1. The van der Waals surface area contributed by atoms with Crippen molar-refractivity contribution in [1.82, 2.24) is 9.80 Å². The summed E-state index contributed by atoms with van der Waals surface area (Å²) in [6.45, 7) is 11.4. The molecule has 2 aliphatic rings. The number of hydrogen-bond acceptors (Lipinski definition) is 3. The van der Waals surface area contributed by atoms with Crippen molar-refractivity contribution in [3.8, 4) is 0 Å². The van der Waals surface area contributed by atoms with Gasteiger partial charge in [-0.1, -0.05) is 0 Å². The van der Waals surface area contributed by atoms with Crippen LogP contribution in [0.4, 0.5) is 0 Å². The van der Waals surface area contributed by atoms with Gasteiger partial charge in [0, 0.05) is 37.8 Å². The van der Waals surface area contributed by atoms with Crippen LogP contribution in [0.15, 0.2) is 0 Å². The van der Waals surface area contributed by atoms with Crippen LogP contribution in [-0.4, -0.2) is 58.8 Å². The lowest BCUT2D eigenvalue weighted by Crippen LogP contribution is -2.65. The van der Waals surface area contributed by atoms with Crippen molar-refractivity contribution in [2.45, 2.75) is 51.3 Å². The molecule has 0 spiro atoms. The molecule has 0 aromatic carbocycles. The SMILES string of the molecule is CC(C)(C)N1CC(N2CCC(O)CC2)C1. The summed E-state index contributed by atoms with van der Waals surface area (Å²) in [6, 6.07) is 0.747. The van der Waals surface area contributed by atoms with Gasteiger partial charge in [0.25, 0.3) is 0 Å². The van der Waals surface area contributed by atoms with E-state index in [1.54, 1.807) is 0 Å². The molecule has 0 saturated carbocycles. The number of rotatable bonds is 1. The summed E-state index contributed by atoms with van der Waals surface area (Å²) >= 11 is 0. The van der Waals surface area contributed by atoms with Gasteiger partial charge in [0.2, 0.25) is 0 Å². The molecule has 1 N–H and O–H groups in total. The van der Waals surface area contributed by atoms with Crippen molar-refractivity contribution in [2.24, 2.45) is 0 Å². The Morgan fingerprint density at radius 2 is 1.60 bits per heavy atom. The highest BCUT2D eigenvalue weighted by atomic mass is 16.3. The van der Waals surface area contributed by atoms with E-state index in [0.29, 0.717) is 5.54 Å². The van der Waals surface area contributed by atoms with E-state index in [2.05, 4.69) is 30.6 Å². The summed E-state index contributed by atoms with van der Waals surface area (Å²) in [6.07, 6.45) is 1.89. The summed E-state index contributed by atoms with van der Waals surface area (Å²) in [4.78, 5) is 5.08. The molecule has 2 heterocycles. The van der Waals surface area contributed by atoms with Crippen LogP contribution in [0.1, 0.15) is 33.6 Å². The fourth-order valence-corrected chi connectivity index (χ4v) is 2.48. The van der Waals surface area contributed by atoms with Gasteiger partial charge in [-0.2, -0.15) is 0 Å². The molecule has 0 radical (unpaired) electrons. The van der Waals surface area contributed by atoms with Crippen LogP contribution in [0.25, 0.3) is 0 Å². The van der Waals surface area contributed by atoms with Gasteiger partial charge in [-0.3, -0.25) is 9.80 Å². The second-order valence-corrected chi connectivity index (χ2v) is 6.00. The minimum Gasteiger partial charge on any atom is -0.393 e. The largest absolute Gasteiger partial charge is 0.393 e. The van der Waals surface area contributed by atoms with Crippen LogP contribution < -0.4 is 0 Å². The first kappa shape index (κ1) is 11.4. The molecule has 2 rings (SSSR count). The third kappa shape index (κ3) is 2.52. The Kier molecular flexibility index (Phi) is 3.06. The van der Waals surface area contributed by atoms with E-state index in [1.165, 1.54) is 13.1 Å². The maximum atomic E-state index is 9.44. The number of piperidine rings is 1. The maximum Gasteiger partial charge on any atom is 0.0564 e. The highest BCUT2D eigenvalue weighted by Gasteiger charge is 2.38. The van der Waals surface area contributed by atoms with Crippen LogP contribution in [0.3, 0.4) is 0 Å². The predicted octanol–water partition coefficient (Wildman–Crippen LogP) is 0.926. The monoisotopic (exact) mass is 212 g/mol. The van der Waals surface area contributed by atoms with Gasteiger partial charge in [0.1, 0.15) is 0 Å². The van der Waals surface area contributed by atoms with Gasteiger partial charge in [-0.15, -0.1) is 0 Å². The summed E-state index contributed by atoms with van der Waals surface area (Å²) in [5, 5.41) is 9.44. The number of aliphatic hydroxyl groups excluding tert-OH is 1. The van der Waals surface area contributed by atoms with E-state index < -0.39 is 0 Å². The first-order chi connectivity index (χ1) is 6.97. The third-order valence-corrected chi connectivity index (χ3v) is 3.83. The molecule has 0 aromatic rings. The fraction of sp³-hybridized carbons (Fsp3) is 1.00. The Labute approximate surface area is 93.1 Å². The van der Waals surface area contributed by atoms with E-state index in [4.69, 9.17) is 0 Å². The zero-order valence-corrected chi connectivity index (χ0v) is 10.2. The molecule has 3 heteroatoms. The quantitative estimate of drug-likeness (QED) is 0.700. The van der Waals surface area contributed by atoms with E-state index >= 15 is 0 Å². The molecule has 0 amide bonds. The van der Waals surface area contributed by atoms with E-state index in [1.807, 2.05) is 0 Å². The number of nitrogens with zero attached hydrogens (tertiary/aromatic N) is 2. The van der Waals surface area contributed by atoms with Gasteiger partial charge in [-0.25, -0.2) is 0 Å². The molecule has 2 aliphatic heterocycles. The highest BCUT2D eigenvalue weighted by molar-refractivity contribution is 4.95. The van der Waals surface area contributed by atoms with Gasteiger partial charge in [-0.05, 0) is 33.6 Å². The average Bonchev–Trinajstić information content (AvgIpc) is 2.03. The first-order valence-corrected chi connectivity index (χ1v) is 6.14. The topological polar surface area (TPSA) is 26.7 Å². The summed E-state index contributed by atoms with van der Waals surface area (Å²) < 4.78 is 0. The molecule has 15 heavy (non-hydrogen) atoms. The van der Waals surface area contributed by atoms with Gasteiger partial charge in [0.15, 0.2) is 0 Å². The summed E-state index contributed by atoms with van der Waals surface area (Å²) in [7, 11) is 0. The van der Waals surface area contributed by atoms with Crippen molar-refractivity contribution in [2.75, 3.05) is 26.2 Å². The van der Waals surface area contributed by atoms with Crippen molar-refractivity contribution >= 4 is 0 Å². The second kappa shape index (κ2) is 4.04. The Morgan fingerprint density at radius 3 is 2.07 bits per heavy atom. The standard InChI is InChI=1S/C12H24N2O/c1-12(2,3)14-8-10(9-14)13-6-4-11(15)5-7-13/h10-11,15H,4-9H2,1-3H3. The molecule has 0 unspecified atom stereocenters. The maximum absolute atomic E-state index is 9.44. The normalized spacial score (nSPS) is 28.0. The lowest BCUT2D eigenvalue weighted by Gasteiger charge is -2.52. The minimum atomic E-state index is -0.0416. The first-order valence-electron chi connectivity index (χ1n) is 6.14. The van der Waals surface area contributed by atoms with Gasteiger partial charge < -0.3 is 5.11 Å². The molecule has 3 nitrogen and oxygen atoms in total. The lowest BCUT2D eigenvalue weighted by atomic mass is 9.95. The van der Waals surface area contributed by atoms with Gasteiger partial charge >= 0.3 is 0 Å². The van der Waals surface area contributed by atoms with Gasteiger partial charge in [0.05, 0.1) is 6.10 Å². The minimum absolute atomic E-state index is 0.0416. The van der Waals surface area contributed by atoms with Crippen LogP contribution >= 0.6 is 0 Å². The van der Waals surface area contributed by atoms with Crippen LogP contribution in [0, 0.1) is 0 Å². The second-order valence-electron chi connectivity index (χ2n) is 6.00. The Morgan fingerprint density at radius 1 is 1.07 bits per heavy atom. The fourth-order valence-electron chi connectivity index (χ4n) is 2.48. The predicted molar refractivity (Wildman–Crippen MR) is 61.9 cm³/mol.